The molecule has 5 heteroatoms. The van der Waals surface area contributed by atoms with Crippen LogP contribution in [-0.4, -0.2) is 0 Å². The molecular formula is C47H33N3O2. The fraction of sp³-hybridized carbons (Fsp3) is 0.0638. The van der Waals surface area contributed by atoms with Crippen molar-refractivity contribution in [2.45, 2.75) is 18.5 Å². The van der Waals surface area contributed by atoms with Crippen molar-refractivity contribution < 1.29 is 8.83 Å². The summed E-state index contributed by atoms with van der Waals surface area (Å²) < 4.78 is 13.5. The van der Waals surface area contributed by atoms with E-state index in [0.717, 1.165) is 66.0 Å². The highest BCUT2D eigenvalue weighted by molar-refractivity contribution is 6.17. The van der Waals surface area contributed by atoms with E-state index in [0.29, 0.717) is 0 Å². The van der Waals surface area contributed by atoms with Gasteiger partial charge in [0.05, 0.1) is 18.5 Å². The van der Waals surface area contributed by atoms with Gasteiger partial charge in [0.1, 0.15) is 22.3 Å². The third kappa shape index (κ3) is 4.68. The Hall–Kier alpha value is -6.24. The van der Waals surface area contributed by atoms with Gasteiger partial charge in [0.15, 0.2) is 0 Å². The molecule has 3 N–H and O–H groups in total. The summed E-state index contributed by atoms with van der Waals surface area (Å²) in [6.45, 7) is 0. The number of para-hydroxylation sites is 2. The average molecular weight is 672 g/mol. The van der Waals surface area contributed by atoms with Crippen LogP contribution in [0.5, 0.6) is 0 Å². The third-order valence-electron chi connectivity index (χ3n) is 10.8. The molecule has 3 atom stereocenters. The Balaban J connectivity index is 1.09. The van der Waals surface area contributed by atoms with Crippen LogP contribution in [0.25, 0.3) is 76.5 Å². The van der Waals surface area contributed by atoms with Gasteiger partial charge in [-0.15, -0.1) is 0 Å². The summed E-state index contributed by atoms with van der Waals surface area (Å²) in [6, 6.07) is 57.9. The van der Waals surface area contributed by atoms with Crippen LogP contribution in [0.15, 0.2) is 173 Å². The maximum absolute atomic E-state index is 6.81. The van der Waals surface area contributed by atoms with Crippen LogP contribution in [-0.2, 0) is 0 Å². The molecule has 5 nitrogen and oxygen atoms in total. The van der Waals surface area contributed by atoms with Crippen LogP contribution in [0.3, 0.4) is 0 Å². The van der Waals surface area contributed by atoms with E-state index in [2.05, 4.69) is 174 Å². The summed E-state index contributed by atoms with van der Waals surface area (Å²) >= 11 is 0. The highest BCUT2D eigenvalue weighted by Crippen LogP contribution is 2.44. The van der Waals surface area contributed by atoms with Gasteiger partial charge in [0, 0.05) is 32.7 Å². The maximum atomic E-state index is 6.81. The molecule has 0 spiro atoms. The van der Waals surface area contributed by atoms with Gasteiger partial charge in [-0.25, -0.2) is 0 Å². The minimum Gasteiger partial charge on any atom is -0.455 e. The summed E-state index contributed by atoms with van der Waals surface area (Å²) in [5, 5.41) is 20.9. The molecule has 0 radical (unpaired) electrons. The van der Waals surface area contributed by atoms with E-state index in [9.17, 15) is 0 Å². The van der Waals surface area contributed by atoms with Crippen LogP contribution in [0.4, 0.5) is 0 Å². The Morgan fingerprint density at radius 2 is 1.00 bits per heavy atom. The number of furan rings is 2. The largest absolute Gasteiger partial charge is 0.455 e. The predicted octanol–water partition coefficient (Wildman–Crippen LogP) is 11.6. The van der Waals surface area contributed by atoms with Gasteiger partial charge in [-0.05, 0) is 62.5 Å². The maximum Gasteiger partial charge on any atom is 0.143 e. The molecule has 10 aromatic rings. The Bertz CT molecular complexity index is 2980. The van der Waals surface area contributed by atoms with Gasteiger partial charge in [0.2, 0.25) is 0 Å². The van der Waals surface area contributed by atoms with Crippen molar-refractivity contribution in [3.63, 3.8) is 0 Å². The molecule has 8 aromatic carbocycles. The van der Waals surface area contributed by atoms with Gasteiger partial charge in [-0.1, -0.05) is 140 Å². The lowest BCUT2D eigenvalue weighted by atomic mass is 9.94. The van der Waals surface area contributed by atoms with Gasteiger partial charge in [-0.2, -0.15) is 0 Å². The lowest BCUT2D eigenvalue weighted by Gasteiger charge is -2.40. The Morgan fingerprint density at radius 3 is 1.85 bits per heavy atom. The zero-order valence-electron chi connectivity index (χ0n) is 28.1. The zero-order valence-corrected chi connectivity index (χ0v) is 28.1. The molecule has 248 valence electrons. The first-order valence-corrected chi connectivity index (χ1v) is 17.9. The number of nitrogens with one attached hydrogen (secondary N) is 3. The second-order valence-electron chi connectivity index (χ2n) is 13.8. The molecule has 0 saturated carbocycles. The molecule has 0 aliphatic carbocycles. The van der Waals surface area contributed by atoms with Crippen LogP contribution in [0, 0.1) is 0 Å². The van der Waals surface area contributed by atoms with Gasteiger partial charge >= 0.3 is 0 Å². The van der Waals surface area contributed by atoms with Crippen molar-refractivity contribution in [2.75, 3.05) is 0 Å². The molecule has 1 aliphatic rings. The number of hydrogen-bond donors (Lipinski definition) is 3. The average Bonchev–Trinajstić information content (AvgIpc) is 3.78. The molecule has 0 bridgehead atoms. The Morgan fingerprint density at radius 1 is 0.365 bits per heavy atom. The molecule has 0 amide bonds. The Kier molecular flexibility index (Phi) is 6.61. The van der Waals surface area contributed by atoms with Crippen LogP contribution >= 0.6 is 0 Å². The van der Waals surface area contributed by atoms with E-state index in [4.69, 9.17) is 8.83 Å². The van der Waals surface area contributed by atoms with Crippen molar-refractivity contribution in [3.8, 4) is 11.1 Å². The predicted molar refractivity (Wildman–Crippen MR) is 212 cm³/mol. The minimum atomic E-state index is -0.199. The standard InChI is InChI=1S/C47H33N3O2/c1-2-12-29(13-3-1)45-48-46(33-22-21-28-11-4-5-14-30(28)25-33)50-47(49-45)38-24-23-36(44-42(38)37-17-8-9-20-40(37)51-44)34-18-10-19-35-39-26-31-15-6-7-16-32(31)27-41(39)52-43(34)35/h1-27,45-50H. The second kappa shape index (κ2) is 11.7. The summed E-state index contributed by atoms with van der Waals surface area (Å²) in [4.78, 5) is 0. The van der Waals surface area contributed by atoms with Gasteiger partial charge < -0.3 is 8.83 Å². The van der Waals surface area contributed by atoms with Gasteiger partial charge in [-0.3, -0.25) is 16.0 Å². The second-order valence-corrected chi connectivity index (χ2v) is 13.8. The number of hydrogen-bond acceptors (Lipinski definition) is 5. The first-order chi connectivity index (χ1) is 25.7. The van der Waals surface area contributed by atoms with Gasteiger partial charge in [0.25, 0.3) is 0 Å². The van der Waals surface area contributed by atoms with Crippen molar-refractivity contribution >= 4 is 65.4 Å². The molecule has 1 saturated heterocycles. The lowest BCUT2D eigenvalue weighted by Crippen LogP contribution is -2.54. The normalized spacial score (nSPS) is 18.0. The molecule has 2 aromatic heterocycles. The number of fused-ring (bicyclic) bond motifs is 8. The molecule has 1 aliphatic heterocycles. The topological polar surface area (TPSA) is 62.4 Å². The van der Waals surface area contributed by atoms with Crippen LogP contribution in [0.2, 0.25) is 0 Å². The van der Waals surface area contributed by atoms with Crippen LogP contribution < -0.4 is 16.0 Å². The molecule has 52 heavy (non-hydrogen) atoms. The zero-order chi connectivity index (χ0) is 34.2. The van der Waals surface area contributed by atoms with E-state index in [1.165, 1.54) is 27.3 Å². The lowest BCUT2D eigenvalue weighted by molar-refractivity contribution is 0.204. The quantitative estimate of drug-likeness (QED) is 0.174. The fourth-order valence-corrected chi connectivity index (χ4v) is 8.24. The smallest absolute Gasteiger partial charge is 0.143 e. The monoisotopic (exact) mass is 671 g/mol. The third-order valence-corrected chi connectivity index (χ3v) is 10.8. The summed E-state index contributed by atoms with van der Waals surface area (Å²) in [6.07, 6.45) is -0.416. The molecule has 3 heterocycles. The molecule has 1 fully saturated rings. The van der Waals surface area contributed by atoms with E-state index in [1.54, 1.807) is 0 Å². The van der Waals surface area contributed by atoms with Crippen molar-refractivity contribution in [2.24, 2.45) is 0 Å². The molecule has 3 unspecified atom stereocenters. The van der Waals surface area contributed by atoms with Crippen molar-refractivity contribution in [1.82, 2.24) is 16.0 Å². The van der Waals surface area contributed by atoms with E-state index < -0.39 is 0 Å². The first kappa shape index (κ1) is 29.5. The minimum absolute atomic E-state index is 0.100. The number of benzene rings is 8. The fourth-order valence-electron chi connectivity index (χ4n) is 8.24. The molecule has 11 rings (SSSR count). The SMILES string of the molecule is c1ccc(C2NC(c3ccc4ccccc4c3)NC(c3ccc(-c4cccc5c4oc4cc6ccccc6cc45)c4oc5ccccc5c34)N2)cc1. The summed E-state index contributed by atoms with van der Waals surface area (Å²) in [5.41, 5.74) is 8.94. The highest BCUT2D eigenvalue weighted by Gasteiger charge is 2.32. The first-order valence-electron chi connectivity index (χ1n) is 17.9. The Labute approximate surface area is 299 Å². The highest BCUT2D eigenvalue weighted by atomic mass is 16.3. The van der Waals surface area contributed by atoms with Crippen molar-refractivity contribution in [1.29, 1.82) is 0 Å². The number of rotatable bonds is 4. The summed E-state index contributed by atoms with van der Waals surface area (Å²) in [5.74, 6) is 0. The van der Waals surface area contributed by atoms with E-state index in [1.807, 2.05) is 6.07 Å². The van der Waals surface area contributed by atoms with E-state index >= 15 is 0 Å². The van der Waals surface area contributed by atoms with Crippen LogP contribution in [0.1, 0.15) is 35.2 Å². The molecular weight excluding hydrogens is 639 g/mol. The summed E-state index contributed by atoms with van der Waals surface area (Å²) in [7, 11) is 0. The van der Waals surface area contributed by atoms with Crippen molar-refractivity contribution in [3.05, 3.63) is 180 Å². The van der Waals surface area contributed by atoms with E-state index in [-0.39, 0.29) is 18.5 Å².